The summed E-state index contributed by atoms with van der Waals surface area (Å²) in [6.07, 6.45) is 0. The van der Waals surface area contributed by atoms with E-state index in [-0.39, 0.29) is 5.04 Å². The minimum Gasteiger partial charge on any atom is -0.543 e. The predicted octanol–water partition coefficient (Wildman–Crippen LogP) is 4.98. The molecule has 1 rings (SSSR count). The summed E-state index contributed by atoms with van der Waals surface area (Å²) < 4.78 is 7.55. The maximum Gasteiger partial charge on any atom is 0.250 e. The van der Waals surface area contributed by atoms with Gasteiger partial charge in [-0.25, -0.2) is 0 Å². The molecule has 0 unspecified atom stereocenters. The van der Waals surface area contributed by atoms with Gasteiger partial charge in [0.15, 0.2) is 0 Å². The van der Waals surface area contributed by atoms with E-state index < -0.39 is 8.32 Å². The average molecular weight is 348 g/mol. The molecule has 0 atom stereocenters. The molecule has 1 nitrogen and oxygen atoms in total. The van der Waals surface area contributed by atoms with Gasteiger partial charge in [0.2, 0.25) is 8.32 Å². The minimum atomic E-state index is -1.70. The average Bonchev–Trinajstić information content (AvgIpc) is 2.09. The number of hydrogen-bond donors (Lipinski definition) is 0. The van der Waals surface area contributed by atoms with Crippen LogP contribution in [0.15, 0.2) is 18.2 Å². The lowest BCUT2D eigenvalue weighted by molar-refractivity contribution is 0.489. The van der Waals surface area contributed by atoms with Crippen molar-refractivity contribution in [1.29, 1.82) is 0 Å². The van der Waals surface area contributed by atoms with E-state index >= 15 is 0 Å². The summed E-state index contributed by atoms with van der Waals surface area (Å²) >= 11 is 2.33. The van der Waals surface area contributed by atoms with Crippen LogP contribution in [0.3, 0.4) is 0 Å². The Balaban J connectivity index is 3.01. The number of benzene rings is 1. The molecule has 16 heavy (non-hydrogen) atoms. The van der Waals surface area contributed by atoms with Crippen LogP contribution in [0.25, 0.3) is 0 Å². The molecule has 1 aromatic carbocycles. The van der Waals surface area contributed by atoms with E-state index in [1.165, 1.54) is 9.13 Å². The summed E-state index contributed by atoms with van der Waals surface area (Å²) in [7, 11) is -1.70. The second-order valence-electron chi connectivity index (χ2n) is 5.77. The molecule has 0 aliphatic carbocycles. The van der Waals surface area contributed by atoms with Gasteiger partial charge in [-0.2, -0.15) is 0 Å². The van der Waals surface area contributed by atoms with E-state index in [2.05, 4.69) is 81.6 Å². The second-order valence-corrected chi connectivity index (χ2v) is 11.7. The van der Waals surface area contributed by atoms with Crippen LogP contribution in [0.2, 0.25) is 18.1 Å². The number of rotatable bonds is 2. The first-order valence-electron chi connectivity index (χ1n) is 5.59. The van der Waals surface area contributed by atoms with Crippen LogP contribution < -0.4 is 4.43 Å². The number of aryl methyl sites for hydroxylation is 1. The van der Waals surface area contributed by atoms with Crippen molar-refractivity contribution in [3.8, 4) is 5.75 Å². The van der Waals surface area contributed by atoms with Crippen molar-refractivity contribution in [3.05, 3.63) is 27.3 Å². The van der Waals surface area contributed by atoms with Gasteiger partial charge in [-0.1, -0.05) is 26.8 Å². The molecule has 0 saturated carbocycles. The first kappa shape index (κ1) is 14.0. The highest BCUT2D eigenvalue weighted by Crippen LogP contribution is 2.38. The van der Waals surface area contributed by atoms with Crippen LogP contribution in [0.1, 0.15) is 26.3 Å². The second kappa shape index (κ2) is 4.68. The standard InChI is InChI=1S/C13H21IOSi/c1-10-7-8-11(14)9-12(10)15-16(5,6)13(2,3)4/h7-9H,1-6H3. The quantitative estimate of drug-likeness (QED) is 0.541. The van der Waals surface area contributed by atoms with Crippen LogP contribution in [-0.2, 0) is 0 Å². The van der Waals surface area contributed by atoms with Gasteiger partial charge in [0.05, 0.1) is 0 Å². The van der Waals surface area contributed by atoms with Gasteiger partial charge in [-0.05, 0) is 65.3 Å². The lowest BCUT2D eigenvalue weighted by atomic mass is 10.2. The van der Waals surface area contributed by atoms with E-state index in [1.54, 1.807) is 0 Å². The SMILES string of the molecule is Cc1ccc(I)cc1O[Si](C)(C)C(C)(C)C. The fourth-order valence-electron chi connectivity index (χ4n) is 1.11. The predicted molar refractivity (Wildman–Crippen MR) is 81.7 cm³/mol. The molecule has 0 radical (unpaired) electrons. The van der Waals surface area contributed by atoms with Crippen LogP contribution in [0.5, 0.6) is 5.75 Å². The molecule has 0 aromatic heterocycles. The molecular formula is C13H21IOSi. The summed E-state index contributed by atoms with van der Waals surface area (Å²) in [5.74, 6) is 1.05. The maximum atomic E-state index is 6.31. The minimum absolute atomic E-state index is 0.251. The van der Waals surface area contributed by atoms with Gasteiger partial charge < -0.3 is 4.43 Å². The van der Waals surface area contributed by atoms with Crippen LogP contribution >= 0.6 is 22.6 Å². The summed E-state index contributed by atoms with van der Waals surface area (Å²) in [6, 6.07) is 6.38. The lowest BCUT2D eigenvalue weighted by Gasteiger charge is -2.37. The van der Waals surface area contributed by atoms with Gasteiger partial charge in [0.25, 0.3) is 0 Å². The Labute approximate surface area is 114 Å². The Morgan fingerprint density at radius 1 is 1.19 bits per heavy atom. The summed E-state index contributed by atoms with van der Waals surface area (Å²) in [6.45, 7) is 13.5. The molecule has 0 saturated heterocycles. The first-order chi connectivity index (χ1) is 7.13. The monoisotopic (exact) mass is 348 g/mol. The fraction of sp³-hybridized carbons (Fsp3) is 0.538. The fourth-order valence-corrected chi connectivity index (χ4v) is 2.65. The van der Waals surface area contributed by atoms with Gasteiger partial charge in [-0.3, -0.25) is 0 Å². The highest BCUT2D eigenvalue weighted by molar-refractivity contribution is 14.1. The number of halogens is 1. The third kappa shape index (κ3) is 3.23. The van der Waals surface area contributed by atoms with E-state index in [4.69, 9.17) is 4.43 Å². The molecule has 1 aromatic rings. The number of hydrogen-bond acceptors (Lipinski definition) is 1. The Hall–Kier alpha value is -0.0331. The summed E-state index contributed by atoms with van der Waals surface area (Å²) in [5, 5.41) is 0.251. The third-order valence-electron chi connectivity index (χ3n) is 3.32. The molecule has 3 heteroatoms. The highest BCUT2D eigenvalue weighted by atomic mass is 127. The first-order valence-corrected chi connectivity index (χ1v) is 9.57. The molecule has 0 amide bonds. The zero-order valence-electron chi connectivity index (χ0n) is 11.0. The van der Waals surface area contributed by atoms with Crippen LogP contribution in [0, 0.1) is 10.5 Å². The molecule has 0 bridgehead atoms. The molecule has 0 heterocycles. The van der Waals surface area contributed by atoms with Crippen molar-refractivity contribution in [3.63, 3.8) is 0 Å². The van der Waals surface area contributed by atoms with E-state index in [0.29, 0.717) is 0 Å². The van der Waals surface area contributed by atoms with E-state index in [0.717, 1.165) is 5.75 Å². The molecule has 0 aliphatic heterocycles. The largest absolute Gasteiger partial charge is 0.543 e. The molecular weight excluding hydrogens is 327 g/mol. The van der Waals surface area contributed by atoms with Crippen molar-refractivity contribution < 1.29 is 4.43 Å². The summed E-state index contributed by atoms with van der Waals surface area (Å²) in [4.78, 5) is 0. The van der Waals surface area contributed by atoms with Gasteiger partial charge in [0.1, 0.15) is 5.75 Å². The normalized spacial score (nSPS) is 12.7. The Bertz CT molecular complexity index is 380. The van der Waals surface area contributed by atoms with Crippen molar-refractivity contribution in [2.24, 2.45) is 0 Å². The molecule has 0 aliphatic rings. The molecule has 0 N–H and O–H groups in total. The zero-order chi connectivity index (χ0) is 12.6. The third-order valence-corrected chi connectivity index (χ3v) is 8.34. The van der Waals surface area contributed by atoms with Gasteiger partial charge in [0, 0.05) is 3.57 Å². The van der Waals surface area contributed by atoms with Crippen molar-refractivity contribution >= 4 is 30.9 Å². The Morgan fingerprint density at radius 2 is 1.75 bits per heavy atom. The molecule has 0 spiro atoms. The van der Waals surface area contributed by atoms with Crippen molar-refractivity contribution in [2.45, 2.75) is 45.8 Å². The Kier molecular flexibility index (Phi) is 4.11. The van der Waals surface area contributed by atoms with Crippen molar-refractivity contribution in [2.75, 3.05) is 0 Å². The smallest absolute Gasteiger partial charge is 0.250 e. The van der Waals surface area contributed by atoms with Crippen molar-refractivity contribution in [1.82, 2.24) is 0 Å². The van der Waals surface area contributed by atoms with E-state index in [9.17, 15) is 0 Å². The maximum absolute atomic E-state index is 6.31. The zero-order valence-corrected chi connectivity index (χ0v) is 14.2. The van der Waals surface area contributed by atoms with Crippen LogP contribution in [0.4, 0.5) is 0 Å². The summed E-state index contributed by atoms with van der Waals surface area (Å²) in [5.41, 5.74) is 1.23. The Morgan fingerprint density at radius 3 is 2.25 bits per heavy atom. The lowest BCUT2D eigenvalue weighted by Crippen LogP contribution is -2.44. The molecule has 90 valence electrons. The van der Waals surface area contributed by atoms with E-state index in [1.807, 2.05) is 0 Å². The van der Waals surface area contributed by atoms with Crippen LogP contribution in [-0.4, -0.2) is 8.32 Å². The highest BCUT2D eigenvalue weighted by Gasteiger charge is 2.39. The topological polar surface area (TPSA) is 9.23 Å². The molecule has 0 fully saturated rings. The van der Waals surface area contributed by atoms with Gasteiger partial charge >= 0.3 is 0 Å². The van der Waals surface area contributed by atoms with Gasteiger partial charge in [-0.15, -0.1) is 0 Å².